The number of carbonyl (C=O) groups is 2. The zero-order valence-corrected chi connectivity index (χ0v) is 11.9. The van der Waals surface area contributed by atoms with E-state index < -0.39 is 0 Å². The van der Waals surface area contributed by atoms with Crippen molar-refractivity contribution in [3.8, 4) is 0 Å². The molecule has 1 saturated carbocycles. The Balaban J connectivity index is 1.67. The number of amides is 2. The average Bonchev–Trinajstić information content (AvgIpc) is 3.14. The van der Waals surface area contributed by atoms with Crippen LogP contribution in [0.1, 0.15) is 55.5 Å². The molecule has 0 bridgehead atoms. The molecule has 1 aliphatic rings. The molecule has 0 atom stereocenters. The topological polar surface area (TPSA) is 99.8 Å². The molecule has 7 nitrogen and oxygen atoms in total. The third-order valence-electron chi connectivity index (χ3n) is 3.01. The van der Waals surface area contributed by atoms with Crippen molar-refractivity contribution in [1.29, 1.82) is 0 Å². The zero-order chi connectivity index (χ0) is 14.5. The standard InChI is InChI=1S/C13H21N5O2/c1-8(2)7-15-10(19)5-6-14-13(20)12-16-11(17-18-12)9-3-4-9/h8-9H,3-7H2,1-2H3,(H,14,20)(H,15,19)(H,16,17,18). The van der Waals surface area contributed by atoms with E-state index in [0.29, 0.717) is 18.4 Å². The number of rotatable bonds is 7. The summed E-state index contributed by atoms with van der Waals surface area (Å²) in [6, 6.07) is 0. The van der Waals surface area contributed by atoms with Gasteiger partial charge in [-0.2, -0.15) is 0 Å². The molecule has 110 valence electrons. The Kier molecular flexibility index (Phi) is 4.70. The van der Waals surface area contributed by atoms with E-state index in [1.54, 1.807) is 0 Å². The van der Waals surface area contributed by atoms with Crippen LogP contribution in [0.2, 0.25) is 0 Å². The zero-order valence-electron chi connectivity index (χ0n) is 11.9. The summed E-state index contributed by atoms with van der Waals surface area (Å²) in [7, 11) is 0. The number of carbonyl (C=O) groups excluding carboxylic acids is 2. The van der Waals surface area contributed by atoms with Crippen LogP contribution in [0.25, 0.3) is 0 Å². The van der Waals surface area contributed by atoms with Crippen molar-refractivity contribution in [3.05, 3.63) is 11.6 Å². The van der Waals surface area contributed by atoms with Gasteiger partial charge in [0.05, 0.1) is 0 Å². The first-order valence-electron chi connectivity index (χ1n) is 7.03. The fourth-order valence-electron chi connectivity index (χ4n) is 1.69. The molecule has 3 N–H and O–H groups in total. The highest BCUT2D eigenvalue weighted by atomic mass is 16.2. The van der Waals surface area contributed by atoms with E-state index in [0.717, 1.165) is 18.7 Å². The minimum absolute atomic E-state index is 0.0624. The molecular weight excluding hydrogens is 258 g/mol. The van der Waals surface area contributed by atoms with Gasteiger partial charge in [-0.3, -0.25) is 14.7 Å². The second-order valence-corrected chi connectivity index (χ2v) is 5.52. The molecule has 0 spiro atoms. The van der Waals surface area contributed by atoms with E-state index in [4.69, 9.17) is 0 Å². The van der Waals surface area contributed by atoms with Gasteiger partial charge < -0.3 is 10.6 Å². The molecule has 1 heterocycles. The van der Waals surface area contributed by atoms with Gasteiger partial charge in [-0.25, -0.2) is 4.98 Å². The van der Waals surface area contributed by atoms with Crippen LogP contribution < -0.4 is 10.6 Å². The molecule has 1 aromatic heterocycles. The lowest BCUT2D eigenvalue weighted by atomic mass is 10.2. The summed E-state index contributed by atoms with van der Waals surface area (Å²) in [5, 5.41) is 12.1. The van der Waals surface area contributed by atoms with Gasteiger partial charge in [-0.15, -0.1) is 5.10 Å². The van der Waals surface area contributed by atoms with Gasteiger partial charge in [0.2, 0.25) is 11.7 Å². The number of hydrogen-bond acceptors (Lipinski definition) is 4. The van der Waals surface area contributed by atoms with Gasteiger partial charge >= 0.3 is 0 Å². The van der Waals surface area contributed by atoms with Crippen LogP contribution in [0.3, 0.4) is 0 Å². The van der Waals surface area contributed by atoms with Gasteiger partial charge in [0.15, 0.2) is 0 Å². The minimum atomic E-state index is -0.343. The number of hydrogen-bond donors (Lipinski definition) is 3. The maximum absolute atomic E-state index is 11.8. The van der Waals surface area contributed by atoms with Gasteiger partial charge in [0.1, 0.15) is 5.82 Å². The van der Waals surface area contributed by atoms with E-state index in [1.807, 2.05) is 13.8 Å². The molecule has 20 heavy (non-hydrogen) atoms. The maximum atomic E-state index is 11.8. The SMILES string of the molecule is CC(C)CNC(=O)CCNC(=O)c1n[nH]c(C2CC2)n1. The highest BCUT2D eigenvalue weighted by Crippen LogP contribution is 2.37. The van der Waals surface area contributed by atoms with Crippen molar-refractivity contribution in [2.24, 2.45) is 5.92 Å². The molecule has 7 heteroatoms. The van der Waals surface area contributed by atoms with Crippen LogP contribution >= 0.6 is 0 Å². The van der Waals surface area contributed by atoms with E-state index in [-0.39, 0.29) is 30.6 Å². The number of H-pyrrole nitrogens is 1. The largest absolute Gasteiger partial charge is 0.356 e. The van der Waals surface area contributed by atoms with Gasteiger partial charge in [-0.05, 0) is 18.8 Å². The Labute approximate surface area is 117 Å². The van der Waals surface area contributed by atoms with Crippen LogP contribution in [-0.4, -0.2) is 40.1 Å². The molecule has 0 saturated heterocycles. The Bertz CT molecular complexity index is 479. The smallest absolute Gasteiger partial charge is 0.290 e. The average molecular weight is 279 g/mol. The van der Waals surface area contributed by atoms with Crippen molar-refractivity contribution in [2.45, 2.75) is 39.0 Å². The molecule has 1 aromatic rings. The first-order valence-corrected chi connectivity index (χ1v) is 7.03. The summed E-state index contributed by atoms with van der Waals surface area (Å²) < 4.78 is 0. The van der Waals surface area contributed by atoms with Crippen LogP contribution in [0, 0.1) is 5.92 Å². The molecule has 2 amide bonds. The molecule has 0 aliphatic heterocycles. The van der Waals surface area contributed by atoms with Crippen LogP contribution in [0.5, 0.6) is 0 Å². The highest BCUT2D eigenvalue weighted by molar-refractivity contribution is 5.90. The number of aromatic nitrogens is 3. The predicted molar refractivity (Wildman–Crippen MR) is 73.2 cm³/mol. The van der Waals surface area contributed by atoms with Crippen molar-refractivity contribution in [3.63, 3.8) is 0 Å². The fourth-order valence-corrected chi connectivity index (χ4v) is 1.69. The Morgan fingerprint density at radius 2 is 2.10 bits per heavy atom. The number of nitrogens with zero attached hydrogens (tertiary/aromatic N) is 2. The molecule has 1 aliphatic carbocycles. The lowest BCUT2D eigenvalue weighted by Crippen LogP contribution is -2.32. The van der Waals surface area contributed by atoms with E-state index in [2.05, 4.69) is 25.8 Å². The highest BCUT2D eigenvalue weighted by Gasteiger charge is 2.28. The fraction of sp³-hybridized carbons (Fsp3) is 0.692. The van der Waals surface area contributed by atoms with Crippen molar-refractivity contribution in [1.82, 2.24) is 25.8 Å². The third-order valence-corrected chi connectivity index (χ3v) is 3.01. The van der Waals surface area contributed by atoms with Gasteiger partial charge in [0.25, 0.3) is 5.91 Å². The third kappa shape index (κ3) is 4.32. The minimum Gasteiger partial charge on any atom is -0.356 e. The van der Waals surface area contributed by atoms with Crippen molar-refractivity contribution in [2.75, 3.05) is 13.1 Å². The molecule has 0 radical (unpaired) electrons. The molecular formula is C13H21N5O2. The summed E-state index contributed by atoms with van der Waals surface area (Å²) >= 11 is 0. The quantitative estimate of drug-likeness (QED) is 0.679. The van der Waals surface area contributed by atoms with Crippen LogP contribution in [0.4, 0.5) is 0 Å². The summed E-state index contributed by atoms with van der Waals surface area (Å²) in [5.74, 6) is 1.38. The second-order valence-electron chi connectivity index (χ2n) is 5.52. The first kappa shape index (κ1) is 14.5. The molecule has 1 fully saturated rings. The first-order chi connectivity index (χ1) is 9.56. The summed E-state index contributed by atoms with van der Waals surface area (Å²) in [6.45, 7) is 5.00. The lowest BCUT2D eigenvalue weighted by molar-refractivity contribution is -0.121. The Hall–Kier alpha value is -1.92. The monoisotopic (exact) mass is 279 g/mol. The summed E-state index contributed by atoms with van der Waals surface area (Å²) in [4.78, 5) is 27.4. The normalized spacial score (nSPS) is 14.3. The Morgan fingerprint density at radius 1 is 1.35 bits per heavy atom. The van der Waals surface area contributed by atoms with Gasteiger partial charge in [0, 0.05) is 25.4 Å². The van der Waals surface area contributed by atoms with E-state index in [1.165, 1.54) is 0 Å². The summed E-state index contributed by atoms with van der Waals surface area (Å²) in [6.07, 6.45) is 2.47. The second kappa shape index (κ2) is 6.49. The summed E-state index contributed by atoms with van der Waals surface area (Å²) in [5.41, 5.74) is 0. The Morgan fingerprint density at radius 3 is 2.75 bits per heavy atom. The van der Waals surface area contributed by atoms with E-state index in [9.17, 15) is 9.59 Å². The van der Waals surface area contributed by atoms with Crippen LogP contribution in [-0.2, 0) is 4.79 Å². The van der Waals surface area contributed by atoms with Gasteiger partial charge in [-0.1, -0.05) is 13.8 Å². The number of aromatic amines is 1. The van der Waals surface area contributed by atoms with E-state index >= 15 is 0 Å². The lowest BCUT2D eigenvalue weighted by Gasteiger charge is -2.07. The molecule has 2 rings (SSSR count). The van der Waals surface area contributed by atoms with Crippen molar-refractivity contribution >= 4 is 11.8 Å². The molecule has 0 aromatic carbocycles. The number of nitrogens with one attached hydrogen (secondary N) is 3. The maximum Gasteiger partial charge on any atom is 0.290 e. The van der Waals surface area contributed by atoms with Crippen molar-refractivity contribution < 1.29 is 9.59 Å². The van der Waals surface area contributed by atoms with Crippen LogP contribution in [0.15, 0.2) is 0 Å². The molecule has 0 unspecified atom stereocenters. The predicted octanol–water partition coefficient (Wildman–Crippen LogP) is 0.574.